The average Bonchev–Trinajstić information content (AvgIpc) is 2.67. The number of amides is 1. The number of carboxylic acids is 1. The van der Waals surface area contributed by atoms with Crippen molar-refractivity contribution in [3.63, 3.8) is 0 Å². The van der Waals surface area contributed by atoms with E-state index in [9.17, 15) is 19.5 Å². The highest BCUT2D eigenvalue weighted by Gasteiger charge is 2.24. The zero-order chi connectivity index (χ0) is 23.0. The predicted molar refractivity (Wildman–Crippen MR) is 116 cm³/mol. The zero-order valence-electron chi connectivity index (χ0n) is 17.4. The fourth-order valence-electron chi connectivity index (χ4n) is 2.46. The molecule has 9 heteroatoms. The summed E-state index contributed by atoms with van der Waals surface area (Å²) in [5.41, 5.74) is 0.682. The van der Waals surface area contributed by atoms with Crippen molar-refractivity contribution in [2.75, 3.05) is 0 Å². The molecule has 8 nitrogen and oxygen atoms in total. The Morgan fingerprint density at radius 1 is 1.06 bits per heavy atom. The van der Waals surface area contributed by atoms with Gasteiger partial charge >= 0.3 is 18.2 Å². The maximum absolute atomic E-state index is 11.9. The second-order valence-electron chi connectivity index (χ2n) is 7.62. The third-order valence-corrected chi connectivity index (χ3v) is 4.63. The maximum atomic E-state index is 11.9. The second kappa shape index (κ2) is 10.8. The Balaban J connectivity index is 1.89. The van der Waals surface area contributed by atoms with E-state index < -0.39 is 29.9 Å². The summed E-state index contributed by atoms with van der Waals surface area (Å²) in [4.78, 5) is 35.2. The van der Waals surface area contributed by atoms with E-state index in [4.69, 9.17) is 14.2 Å². The summed E-state index contributed by atoms with van der Waals surface area (Å²) in [7, 11) is 0. The summed E-state index contributed by atoms with van der Waals surface area (Å²) in [5.74, 6) is -0.949. The minimum atomic E-state index is -1.19. The van der Waals surface area contributed by atoms with Crippen molar-refractivity contribution in [2.45, 2.75) is 45.4 Å². The van der Waals surface area contributed by atoms with E-state index in [1.165, 1.54) is 12.1 Å². The second-order valence-corrected chi connectivity index (χ2v) is 8.47. The highest BCUT2D eigenvalue weighted by molar-refractivity contribution is 9.10. The molecule has 0 saturated heterocycles. The van der Waals surface area contributed by atoms with Gasteiger partial charge in [0.1, 0.15) is 24.0 Å². The van der Waals surface area contributed by atoms with Crippen LogP contribution >= 0.6 is 15.9 Å². The van der Waals surface area contributed by atoms with Gasteiger partial charge in [-0.1, -0.05) is 46.3 Å². The standard InChI is InChI=1S/C22H24BrNO7/c1-22(2,3)31-20(27)24-18(19(25)26)12-14-8-10-16(11-9-14)30-21(28)29-13-15-6-4-5-7-17(15)23/h4-11,18H,12-13H2,1-3H3,(H,24,27)(H,25,26). The van der Waals surface area contributed by atoms with Gasteiger partial charge in [-0.3, -0.25) is 0 Å². The molecule has 0 bridgehead atoms. The van der Waals surface area contributed by atoms with Crippen LogP contribution in [0.25, 0.3) is 0 Å². The van der Waals surface area contributed by atoms with Crippen LogP contribution < -0.4 is 10.1 Å². The number of carbonyl (C=O) groups is 3. The molecule has 2 N–H and O–H groups in total. The molecule has 0 saturated carbocycles. The molecule has 0 aliphatic heterocycles. The minimum absolute atomic E-state index is 0.0291. The third-order valence-electron chi connectivity index (χ3n) is 3.86. The summed E-state index contributed by atoms with van der Waals surface area (Å²) < 4.78 is 16.1. The highest BCUT2D eigenvalue weighted by Crippen LogP contribution is 2.18. The molecule has 166 valence electrons. The van der Waals surface area contributed by atoms with E-state index in [-0.39, 0.29) is 18.8 Å². The van der Waals surface area contributed by atoms with Gasteiger partial charge in [-0.15, -0.1) is 0 Å². The van der Waals surface area contributed by atoms with Gasteiger partial charge in [0.15, 0.2) is 0 Å². The van der Waals surface area contributed by atoms with E-state index in [0.717, 1.165) is 10.0 Å². The molecule has 0 fully saturated rings. The Bertz CT molecular complexity index is 922. The number of hydrogen-bond donors (Lipinski definition) is 2. The Morgan fingerprint density at radius 3 is 2.29 bits per heavy atom. The van der Waals surface area contributed by atoms with Gasteiger partial charge in [0, 0.05) is 16.5 Å². The molecular weight excluding hydrogens is 470 g/mol. The molecule has 2 aromatic carbocycles. The van der Waals surface area contributed by atoms with Crippen LogP contribution in [-0.2, 0) is 27.3 Å². The Labute approximate surface area is 188 Å². The normalized spacial score (nSPS) is 11.9. The molecule has 0 heterocycles. The maximum Gasteiger partial charge on any atom is 0.514 e. The largest absolute Gasteiger partial charge is 0.514 e. The summed E-state index contributed by atoms with van der Waals surface area (Å²) >= 11 is 3.37. The first-order valence-electron chi connectivity index (χ1n) is 9.43. The van der Waals surface area contributed by atoms with Crippen LogP contribution in [0.4, 0.5) is 9.59 Å². The summed E-state index contributed by atoms with van der Waals surface area (Å²) in [6, 6.07) is 12.4. The number of rotatable bonds is 7. The van der Waals surface area contributed by atoms with Crippen molar-refractivity contribution in [1.29, 1.82) is 0 Å². The highest BCUT2D eigenvalue weighted by atomic mass is 79.9. The van der Waals surface area contributed by atoms with Crippen LogP contribution in [0.1, 0.15) is 31.9 Å². The van der Waals surface area contributed by atoms with E-state index in [0.29, 0.717) is 5.56 Å². The van der Waals surface area contributed by atoms with Gasteiger partial charge in [0.25, 0.3) is 0 Å². The first-order valence-corrected chi connectivity index (χ1v) is 10.2. The molecule has 1 amide bonds. The van der Waals surface area contributed by atoms with Crippen molar-refractivity contribution in [1.82, 2.24) is 5.32 Å². The summed E-state index contributed by atoms with van der Waals surface area (Å²) in [6.07, 6.45) is -1.65. The molecule has 31 heavy (non-hydrogen) atoms. The van der Waals surface area contributed by atoms with Gasteiger partial charge in [-0.2, -0.15) is 0 Å². The third kappa shape index (κ3) is 8.67. The predicted octanol–water partition coefficient (Wildman–Crippen LogP) is 4.69. The number of benzene rings is 2. The van der Waals surface area contributed by atoms with E-state index in [1.807, 2.05) is 24.3 Å². The SMILES string of the molecule is CC(C)(C)OC(=O)NC(Cc1ccc(OC(=O)OCc2ccccc2Br)cc1)C(=O)O. The first-order chi connectivity index (χ1) is 14.5. The van der Waals surface area contributed by atoms with Crippen molar-refractivity contribution in [3.05, 3.63) is 64.1 Å². The monoisotopic (exact) mass is 493 g/mol. The molecular formula is C22H24BrNO7. The zero-order valence-corrected chi connectivity index (χ0v) is 19.0. The lowest BCUT2D eigenvalue weighted by Crippen LogP contribution is -2.44. The van der Waals surface area contributed by atoms with Gasteiger partial charge < -0.3 is 24.6 Å². The van der Waals surface area contributed by atoms with E-state index in [2.05, 4.69) is 21.2 Å². The van der Waals surface area contributed by atoms with E-state index in [1.54, 1.807) is 32.9 Å². The minimum Gasteiger partial charge on any atom is -0.480 e. The number of ether oxygens (including phenoxy) is 3. The molecule has 0 aliphatic carbocycles. The molecule has 1 unspecified atom stereocenters. The fraction of sp³-hybridized carbons (Fsp3) is 0.318. The molecule has 0 aliphatic rings. The van der Waals surface area contributed by atoms with Crippen molar-refractivity contribution < 1.29 is 33.7 Å². The van der Waals surface area contributed by atoms with Crippen LogP contribution in [0.15, 0.2) is 53.0 Å². The molecule has 1 atom stereocenters. The number of carbonyl (C=O) groups excluding carboxylic acids is 2. The Kier molecular flexibility index (Phi) is 8.44. The average molecular weight is 494 g/mol. The van der Waals surface area contributed by atoms with Crippen LogP contribution in [0.5, 0.6) is 5.75 Å². The smallest absolute Gasteiger partial charge is 0.480 e. The van der Waals surface area contributed by atoms with Crippen LogP contribution in [0, 0.1) is 0 Å². The van der Waals surface area contributed by atoms with Crippen molar-refractivity contribution in [2.24, 2.45) is 0 Å². The van der Waals surface area contributed by atoms with Gasteiger partial charge in [-0.05, 0) is 44.5 Å². The molecule has 0 radical (unpaired) electrons. The van der Waals surface area contributed by atoms with Crippen molar-refractivity contribution in [3.8, 4) is 5.75 Å². The van der Waals surface area contributed by atoms with Gasteiger partial charge in [-0.25, -0.2) is 14.4 Å². The summed E-state index contributed by atoms with van der Waals surface area (Å²) in [5, 5.41) is 11.7. The number of hydrogen-bond acceptors (Lipinski definition) is 6. The number of carboxylic acid groups (broad SMARTS) is 1. The number of halogens is 1. The number of alkyl carbamates (subject to hydrolysis) is 1. The number of nitrogens with one attached hydrogen (secondary N) is 1. The van der Waals surface area contributed by atoms with Crippen LogP contribution in [0.3, 0.4) is 0 Å². The van der Waals surface area contributed by atoms with Gasteiger partial charge in [0.2, 0.25) is 0 Å². The molecule has 2 aromatic rings. The topological polar surface area (TPSA) is 111 Å². The van der Waals surface area contributed by atoms with Crippen LogP contribution in [0.2, 0.25) is 0 Å². The summed E-state index contributed by atoms with van der Waals surface area (Å²) in [6.45, 7) is 5.11. The quantitative estimate of drug-likeness (QED) is 0.425. The van der Waals surface area contributed by atoms with Crippen LogP contribution in [-0.4, -0.2) is 35.0 Å². The van der Waals surface area contributed by atoms with Crippen molar-refractivity contribution >= 4 is 34.1 Å². The lowest BCUT2D eigenvalue weighted by atomic mass is 10.1. The lowest BCUT2D eigenvalue weighted by Gasteiger charge is -2.22. The Hall–Kier alpha value is -3.07. The molecule has 0 aromatic heterocycles. The Morgan fingerprint density at radius 2 is 1.71 bits per heavy atom. The molecule has 2 rings (SSSR count). The molecule has 0 spiro atoms. The van der Waals surface area contributed by atoms with Gasteiger partial charge in [0.05, 0.1) is 0 Å². The fourth-order valence-corrected chi connectivity index (χ4v) is 2.86. The lowest BCUT2D eigenvalue weighted by molar-refractivity contribution is -0.139. The first kappa shape index (κ1) is 24.2. The van der Waals surface area contributed by atoms with E-state index >= 15 is 0 Å². The number of aliphatic carboxylic acids is 1.